The summed E-state index contributed by atoms with van der Waals surface area (Å²) in [5.41, 5.74) is 1.43. The van der Waals surface area contributed by atoms with Gasteiger partial charge < -0.3 is 0 Å². The molecule has 0 aliphatic carbocycles. The predicted molar refractivity (Wildman–Crippen MR) is 134 cm³/mol. The minimum Gasteiger partial charge on any atom is -0.274 e. The molecule has 0 atom stereocenters. The quantitative estimate of drug-likeness (QED) is 0.192. The SMILES string of the molecule is O=C(c1cccc(N2C(=O)CCC2=O)c1)N(/N=C/c1cccs1)c1nc2ccc(Br)cc2s1. The van der Waals surface area contributed by atoms with E-state index in [9.17, 15) is 14.4 Å². The summed E-state index contributed by atoms with van der Waals surface area (Å²) in [6, 6.07) is 16.0. The highest BCUT2D eigenvalue weighted by molar-refractivity contribution is 9.10. The smallest absolute Gasteiger partial charge is 0.274 e. The van der Waals surface area contributed by atoms with Crippen LogP contribution in [0.3, 0.4) is 0 Å². The van der Waals surface area contributed by atoms with Crippen molar-refractivity contribution >= 4 is 83.6 Å². The highest BCUT2D eigenvalue weighted by atomic mass is 79.9. The van der Waals surface area contributed by atoms with Crippen LogP contribution in [0.15, 0.2) is 69.6 Å². The highest BCUT2D eigenvalue weighted by Crippen LogP contribution is 2.32. The topological polar surface area (TPSA) is 82.9 Å². The number of benzene rings is 2. The molecule has 0 radical (unpaired) electrons. The van der Waals surface area contributed by atoms with Crippen LogP contribution in [-0.2, 0) is 9.59 Å². The number of thiophene rings is 1. The van der Waals surface area contributed by atoms with E-state index in [2.05, 4.69) is 26.0 Å². The number of nitrogens with zero attached hydrogens (tertiary/aromatic N) is 4. The van der Waals surface area contributed by atoms with Gasteiger partial charge in [0.2, 0.25) is 16.9 Å². The molecular weight excluding hydrogens is 524 g/mol. The van der Waals surface area contributed by atoms with Crippen LogP contribution >= 0.6 is 38.6 Å². The number of hydrogen-bond donors (Lipinski definition) is 0. The minimum atomic E-state index is -0.415. The molecule has 1 aliphatic heterocycles. The normalized spacial score (nSPS) is 14.0. The molecule has 10 heteroatoms. The van der Waals surface area contributed by atoms with Crippen LogP contribution in [0.5, 0.6) is 0 Å². The zero-order valence-electron chi connectivity index (χ0n) is 17.0. The van der Waals surface area contributed by atoms with Gasteiger partial charge in [0, 0.05) is 27.8 Å². The maximum absolute atomic E-state index is 13.6. The van der Waals surface area contributed by atoms with Crippen LogP contribution in [-0.4, -0.2) is 28.9 Å². The molecule has 3 heterocycles. The number of aromatic nitrogens is 1. The first-order chi connectivity index (χ1) is 16.0. The van der Waals surface area contributed by atoms with Gasteiger partial charge in [0.1, 0.15) is 0 Å². The van der Waals surface area contributed by atoms with Gasteiger partial charge in [0.15, 0.2) is 0 Å². The summed E-state index contributed by atoms with van der Waals surface area (Å²) in [6.07, 6.45) is 1.97. The van der Waals surface area contributed by atoms with Gasteiger partial charge in [-0.05, 0) is 47.8 Å². The van der Waals surface area contributed by atoms with Crippen LogP contribution in [0.25, 0.3) is 10.2 Å². The number of hydrazone groups is 1. The van der Waals surface area contributed by atoms with E-state index in [1.54, 1.807) is 30.5 Å². The molecule has 164 valence electrons. The Bertz CT molecular complexity index is 1400. The van der Waals surface area contributed by atoms with Crippen LogP contribution in [0.4, 0.5) is 10.8 Å². The number of anilines is 2. The van der Waals surface area contributed by atoms with Gasteiger partial charge in [-0.15, -0.1) is 11.3 Å². The van der Waals surface area contributed by atoms with Crippen LogP contribution in [0.1, 0.15) is 28.1 Å². The molecule has 0 spiro atoms. The Morgan fingerprint density at radius 1 is 1.09 bits per heavy atom. The first kappa shape index (κ1) is 21.6. The van der Waals surface area contributed by atoms with E-state index in [1.165, 1.54) is 27.7 Å². The molecule has 3 amide bonds. The second-order valence-electron chi connectivity index (χ2n) is 7.16. The number of fused-ring (bicyclic) bond motifs is 1. The Kier molecular flexibility index (Phi) is 5.88. The monoisotopic (exact) mass is 538 g/mol. The third kappa shape index (κ3) is 4.37. The summed E-state index contributed by atoms with van der Waals surface area (Å²) in [7, 11) is 0. The fourth-order valence-corrected chi connectivity index (χ4v) is 5.46. The lowest BCUT2D eigenvalue weighted by molar-refractivity contribution is -0.121. The number of carbonyl (C=O) groups is 3. The van der Waals surface area contributed by atoms with E-state index in [-0.39, 0.29) is 24.7 Å². The molecule has 7 nitrogen and oxygen atoms in total. The fourth-order valence-electron chi connectivity index (χ4n) is 3.41. The first-order valence-electron chi connectivity index (χ1n) is 9.93. The Morgan fingerprint density at radius 2 is 1.91 bits per heavy atom. The van der Waals surface area contributed by atoms with E-state index in [0.29, 0.717) is 16.4 Å². The average molecular weight is 539 g/mol. The molecule has 5 rings (SSSR count). The molecule has 1 saturated heterocycles. The number of hydrogen-bond acceptors (Lipinski definition) is 7. The van der Waals surface area contributed by atoms with Crippen LogP contribution in [0.2, 0.25) is 0 Å². The Morgan fingerprint density at radius 3 is 2.67 bits per heavy atom. The van der Waals surface area contributed by atoms with Crippen molar-refractivity contribution in [2.45, 2.75) is 12.8 Å². The Hall–Kier alpha value is -3.21. The zero-order valence-corrected chi connectivity index (χ0v) is 20.2. The van der Waals surface area contributed by atoms with E-state index >= 15 is 0 Å². The second kappa shape index (κ2) is 8.97. The number of halogens is 1. The van der Waals surface area contributed by atoms with E-state index in [0.717, 1.165) is 24.5 Å². The Balaban J connectivity index is 1.54. The lowest BCUT2D eigenvalue weighted by atomic mass is 10.1. The molecule has 0 saturated carbocycles. The lowest BCUT2D eigenvalue weighted by Crippen LogP contribution is -2.29. The summed E-state index contributed by atoms with van der Waals surface area (Å²) >= 11 is 6.31. The summed E-state index contributed by atoms with van der Waals surface area (Å²) in [5.74, 6) is -0.954. The summed E-state index contributed by atoms with van der Waals surface area (Å²) < 4.78 is 1.82. The third-order valence-corrected chi connectivity index (χ3v) is 7.25. The van der Waals surface area contributed by atoms with Gasteiger partial charge in [0.05, 0.1) is 22.1 Å². The zero-order chi connectivity index (χ0) is 22.9. The van der Waals surface area contributed by atoms with Gasteiger partial charge >= 0.3 is 0 Å². The first-order valence-corrected chi connectivity index (χ1v) is 12.4. The predicted octanol–water partition coefficient (Wildman–Crippen LogP) is 5.45. The number of thiazole rings is 1. The molecule has 0 N–H and O–H groups in total. The van der Waals surface area contributed by atoms with Gasteiger partial charge in [0.25, 0.3) is 5.91 Å². The van der Waals surface area contributed by atoms with Crippen molar-refractivity contribution in [3.05, 3.63) is 74.9 Å². The summed E-state index contributed by atoms with van der Waals surface area (Å²) in [6.45, 7) is 0. The standard InChI is InChI=1S/C23H15BrN4O3S2/c24-15-6-7-18-19(12-15)33-23(26-18)28(25-13-17-5-2-10-32-17)22(31)14-3-1-4-16(11-14)27-20(29)8-9-21(27)30/h1-7,10-13H,8-9H2/b25-13+. The van der Waals surface area contributed by atoms with Crippen LogP contribution in [0, 0.1) is 0 Å². The summed E-state index contributed by atoms with van der Waals surface area (Å²) in [5, 5.41) is 8.04. The highest BCUT2D eigenvalue weighted by Gasteiger charge is 2.31. The molecule has 1 aliphatic rings. The molecule has 1 fully saturated rings. The number of amides is 3. The van der Waals surface area contributed by atoms with Gasteiger partial charge in [-0.2, -0.15) is 10.1 Å². The third-order valence-electron chi connectivity index (χ3n) is 4.96. The fraction of sp³-hybridized carbons (Fsp3) is 0.0870. The van der Waals surface area contributed by atoms with Crippen molar-refractivity contribution in [3.8, 4) is 0 Å². The van der Waals surface area contributed by atoms with E-state index < -0.39 is 5.91 Å². The molecule has 0 bridgehead atoms. The Labute approximate surface area is 205 Å². The molecule has 4 aromatic rings. The van der Waals surface area contributed by atoms with Crippen molar-refractivity contribution in [1.82, 2.24) is 4.98 Å². The van der Waals surface area contributed by atoms with Crippen LogP contribution < -0.4 is 9.91 Å². The van der Waals surface area contributed by atoms with Gasteiger partial charge in [-0.1, -0.05) is 39.4 Å². The number of rotatable bonds is 5. The molecule has 0 unspecified atom stereocenters. The van der Waals surface area contributed by atoms with Crippen molar-refractivity contribution in [1.29, 1.82) is 0 Å². The van der Waals surface area contributed by atoms with E-state index in [1.807, 2.05) is 35.7 Å². The number of carbonyl (C=O) groups excluding carboxylic acids is 3. The number of imide groups is 1. The summed E-state index contributed by atoms with van der Waals surface area (Å²) in [4.78, 5) is 44.5. The van der Waals surface area contributed by atoms with Crippen molar-refractivity contribution in [2.24, 2.45) is 5.10 Å². The maximum atomic E-state index is 13.6. The average Bonchev–Trinajstić information content (AvgIpc) is 3.54. The minimum absolute atomic E-state index is 0.176. The lowest BCUT2D eigenvalue weighted by Gasteiger charge is -2.17. The largest absolute Gasteiger partial charge is 0.280 e. The van der Waals surface area contributed by atoms with Gasteiger partial charge in [-0.25, -0.2) is 4.98 Å². The molecule has 2 aromatic carbocycles. The molecule has 33 heavy (non-hydrogen) atoms. The van der Waals surface area contributed by atoms with Crippen molar-refractivity contribution in [3.63, 3.8) is 0 Å². The molecular formula is C23H15BrN4O3S2. The van der Waals surface area contributed by atoms with Crippen molar-refractivity contribution < 1.29 is 14.4 Å². The second-order valence-corrected chi connectivity index (χ2v) is 10.1. The maximum Gasteiger partial charge on any atom is 0.280 e. The molecule has 2 aromatic heterocycles. The van der Waals surface area contributed by atoms with E-state index in [4.69, 9.17) is 0 Å². The van der Waals surface area contributed by atoms with Crippen molar-refractivity contribution in [2.75, 3.05) is 9.91 Å². The van der Waals surface area contributed by atoms with Gasteiger partial charge in [-0.3, -0.25) is 19.3 Å².